The Morgan fingerprint density at radius 2 is 1.24 bits per heavy atom. The maximum atomic E-state index is 13.2. The molecule has 0 spiro atoms. The molecule has 0 N–H and O–H groups in total. The van der Waals surface area contributed by atoms with E-state index in [1.807, 2.05) is 0 Å². The van der Waals surface area contributed by atoms with Crippen LogP contribution < -0.4 is 0 Å². The van der Waals surface area contributed by atoms with Crippen LogP contribution in [0.3, 0.4) is 0 Å². The van der Waals surface area contributed by atoms with Gasteiger partial charge in [-0.25, -0.2) is 0 Å². The molecule has 2 aromatic carbocycles. The second-order valence-corrected chi connectivity index (χ2v) is 4.54. The Hall–Kier alpha value is -1.98. The van der Waals surface area contributed by atoms with Gasteiger partial charge < -0.3 is 0 Å². The lowest BCUT2D eigenvalue weighted by Gasteiger charge is -2.20. The van der Waals surface area contributed by atoms with Crippen molar-refractivity contribution in [2.24, 2.45) is 0 Å². The van der Waals surface area contributed by atoms with E-state index in [1.165, 1.54) is 12.1 Å². The fraction of sp³-hybridized carbons (Fsp3) is 0.200. The number of hydrogen-bond acceptors (Lipinski definition) is 0. The molecule has 0 aliphatic heterocycles. The lowest BCUT2D eigenvalue weighted by molar-refractivity contribution is -0.161. The largest absolute Gasteiger partial charge is 0.417 e. The van der Waals surface area contributed by atoms with Crippen LogP contribution in [-0.2, 0) is 12.4 Å². The molecule has 0 aromatic heterocycles. The zero-order valence-electron chi connectivity index (χ0n) is 10.8. The van der Waals surface area contributed by atoms with E-state index in [1.54, 1.807) is 19.1 Å². The summed E-state index contributed by atoms with van der Waals surface area (Å²) in [5, 5.41) is 0. The second kappa shape index (κ2) is 5.09. The van der Waals surface area contributed by atoms with Crippen LogP contribution in [0.2, 0.25) is 0 Å². The predicted octanol–water partition coefficient (Wildman–Crippen LogP) is 5.70. The highest BCUT2D eigenvalue weighted by Crippen LogP contribution is 2.45. The van der Waals surface area contributed by atoms with Crippen LogP contribution in [0.5, 0.6) is 0 Å². The molecule has 0 fully saturated rings. The normalized spacial score (nSPS) is 12.5. The minimum absolute atomic E-state index is 0.135. The Morgan fingerprint density at radius 3 is 1.76 bits per heavy atom. The van der Waals surface area contributed by atoms with Crippen molar-refractivity contribution in [1.29, 1.82) is 0 Å². The zero-order valence-corrected chi connectivity index (χ0v) is 10.8. The minimum Gasteiger partial charge on any atom is -0.166 e. The van der Waals surface area contributed by atoms with Crippen molar-refractivity contribution in [2.75, 3.05) is 0 Å². The summed E-state index contributed by atoms with van der Waals surface area (Å²) in [4.78, 5) is 0. The fourth-order valence-electron chi connectivity index (χ4n) is 2.19. The molecule has 0 heterocycles. The number of rotatable bonds is 1. The molecule has 2 rings (SSSR count). The molecule has 21 heavy (non-hydrogen) atoms. The Balaban J connectivity index is 2.82. The Morgan fingerprint density at radius 1 is 0.667 bits per heavy atom. The molecule has 0 aliphatic carbocycles. The summed E-state index contributed by atoms with van der Waals surface area (Å²) in [5.74, 6) is 0. The standard InChI is InChI=1S/C15H10F6/c1-9-5-2-3-6-10(9)11-7-4-8-12(14(16,17)18)13(11)15(19,20)21/h2-8H,1H3. The van der Waals surface area contributed by atoms with Gasteiger partial charge in [0.2, 0.25) is 0 Å². The van der Waals surface area contributed by atoms with Gasteiger partial charge in [-0.3, -0.25) is 0 Å². The topological polar surface area (TPSA) is 0 Å². The van der Waals surface area contributed by atoms with E-state index in [-0.39, 0.29) is 5.56 Å². The third-order valence-corrected chi connectivity index (χ3v) is 3.09. The van der Waals surface area contributed by atoms with Gasteiger partial charge in [-0.05, 0) is 29.7 Å². The first kappa shape index (κ1) is 15.4. The predicted molar refractivity (Wildman–Crippen MR) is 66.6 cm³/mol. The summed E-state index contributed by atoms with van der Waals surface area (Å²) in [6, 6.07) is 8.52. The van der Waals surface area contributed by atoms with E-state index in [0.29, 0.717) is 11.6 Å². The fourth-order valence-corrected chi connectivity index (χ4v) is 2.19. The van der Waals surface area contributed by atoms with E-state index in [2.05, 4.69) is 0 Å². The highest BCUT2D eigenvalue weighted by Gasteiger charge is 2.44. The highest BCUT2D eigenvalue weighted by molar-refractivity contribution is 5.72. The first-order chi connectivity index (χ1) is 9.62. The lowest BCUT2D eigenvalue weighted by Crippen LogP contribution is -2.17. The van der Waals surface area contributed by atoms with E-state index in [0.717, 1.165) is 12.1 Å². The van der Waals surface area contributed by atoms with Gasteiger partial charge in [-0.15, -0.1) is 0 Å². The molecule has 112 valence electrons. The molecule has 0 saturated carbocycles. The molecular formula is C15H10F6. The van der Waals surface area contributed by atoms with E-state index in [9.17, 15) is 26.3 Å². The smallest absolute Gasteiger partial charge is 0.166 e. The lowest BCUT2D eigenvalue weighted by atomic mass is 9.92. The summed E-state index contributed by atoms with van der Waals surface area (Å²) in [5.41, 5.74) is -3.17. The van der Waals surface area contributed by atoms with Crippen molar-refractivity contribution < 1.29 is 26.3 Å². The van der Waals surface area contributed by atoms with E-state index < -0.39 is 29.0 Å². The minimum atomic E-state index is -5.09. The molecule has 0 radical (unpaired) electrons. The van der Waals surface area contributed by atoms with Gasteiger partial charge in [0.1, 0.15) is 0 Å². The maximum Gasteiger partial charge on any atom is 0.417 e. The van der Waals surface area contributed by atoms with Crippen LogP contribution >= 0.6 is 0 Å². The van der Waals surface area contributed by atoms with Gasteiger partial charge in [0.05, 0.1) is 11.1 Å². The Bertz CT molecular complexity index is 652. The van der Waals surface area contributed by atoms with Gasteiger partial charge in [0.25, 0.3) is 0 Å². The number of aryl methyl sites for hydroxylation is 1. The van der Waals surface area contributed by atoms with Crippen LogP contribution in [0.4, 0.5) is 26.3 Å². The first-order valence-corrected chi connectivity index (χ1v) is 5.96. The summed E-state index contributed by atoms with van der Waals surface area (Å²) in [6.45, 7) is 1.55. The average Bonchev–Trinajstić information content (AvgIpc) is 2.36. The number of benzene rings is 2. The molecule has 0 amide bonds. The van der Waals surface area contributed by atoms with Gasteiger partial charge >= 0.3 is 12.4 Å². The molecular weight excluding hydrogens is 294 g/mol. The Labute approximate surface area is 117 Å². The number of alkyl halides is 6. The van der Waals surface area contributed by atoms with E-state index >= 15 is 0 Å². The SMILES string of the molecule is Cc1ccccc1-c1cccc(C(F)(F)F)c1C(F)(F)F. The molecule has 0 unspecified atom stereocenters. The Kier molecular flexibility index (Phi) is 3.74. The van der Waals surface area contributed by atoms with Crippen LogP contribution in [0.15, 0.2) is 42.5 Å². The van der Waals surface area contributed by atoms with Crippen molar-refractivity contribution in [2.45, 2.75) is 19.3 Å². The summed E-state index contributed by atoms with van der Waals surface area (Å²) in [6.07, 6.45) is -10.2. The number of hydrogen-bond donors (Lipinski definition) is 0. The summed E-state index contributed by atoms with van der Waals surface area (Å²) in [7, 11) is 0. The first-order valence-electron chi connectivity index (χ1n) is 5.96. The summed E-state index contributed by atoms with van der Waals surface area (Å²) >= 11 is 0. The van der Waals surface area contributed by atoms with Crippen LogP contribution in [0, 0.1) is 6.92 Å². The van der Waals surface area contributed by atoms with E-state index in [4.69, 9.17) is 0 Å². The van der Waals surface area contributed by atoms with Gasteiger partial charge in [-0.1, -0.05) is 36.4 Å². The van der Waals surface area contributed by atoms with Crippen LogP contribution in [0.1, 0.15) is 16.7 Å². The van der Waals surface area contributed by atoms with Gasteiger partial charge in [-0.2, -0.15) is 26.3 Å². The van der Waals surface area contributed by atoms with Crippen molar-refractivity contribution in [3.05, 3.63) is 59.2 Å². The van der Waals surface area contributed by atoms with Crippen LogP contribution in [-0.4, -0.2) is 0 Å². The van der Waals surface area contributed by atoms with Crippen molar-refractivity contribution >= 4 is 0 Å². The maximum absolute atomic E-state index is 13.2. The molecule has 6 heteroatoms. The summed E-state index contributed by atoms with van der Waals surface area (Å²) < 4.78 is 78.1. The van der Waals surface area contributed by atoms with Crippen molar-refractivity contribution in [3.63, 3.8) is 0 Å². The molecule has 0 aliphatic rings. The van der Waals surface area contributed by atoms with Crippen molar-refractivity contribution in [3.8, 4) is 11.1 Å². The average molecular weight is 304 g/mol. The zero-order chi connectivity index (χ0) is 15.8. The molecule has 2 aromatic rings. The quantitative estimate of drug-likeness (QED) is 0.593. The number of halogens is 6. The van der Waals surface area contributed by atoms with Crippen LogP contribution in [0.25, 0.3) is 11.1 Å². The molecule has 0 bridgehead atoms. The van der Waals surface area contributed by atoms with Gasteiger partial charge in [0.15, 0.2) is 0 Å². The molecule has 0 saturated heterocycles. The monoisotopic (exact) mass is 304 g/mol. The third kappa shape index (κ3) is 3.04. The molecule has 0 nitrogen and oxygen atoms in total. The third-order valence-electron chi connectivity index (χ3n) is 3.09. The highest BCUT2D eigenvalue weighted by atomic mass is 19.4. The molecule has 0 atom stereocenters. The van der Waals surface area contributed by atoms with Crippen molar-refractivity contribution in [1.82, 2.24) is 0 Å². The van der Waals surface area contributed by atoms with Gasteiger partial charge in [0, 0.05) is 0 Å². The second-order valence-electron chi connectivity index (χ2n) is 4.54.